The van der Waals surface area contributed by atoms with Gasteiger partial charge >= 0.3 is 0 Å². The molecule has 0 aromatic heterocycles. The number of hydrogen-bond acceptors (Lipinski definition) is 2. The highest BCUT2D eigenvalue weighted by Gasteiger charge is 1.90. The van der Waals surface area contributed by atoms with Crippen LogP contribution < -0.4 is 0 Å². The zero-order chi connectivity index (χ0) is 14.2. The summed E-state index contributed by atoms with van der Waals surface area (Å²) in [5.41, 5.74) is 0. The van der Waals surface area contributed by atoms with Crippen LogP contribution in [0.4, 0.5) is 0 Å². The Balaban J connectivity index is 3.62. The Morgan fingerprint density at radius 2 is 1.95 bits per heavy atom. The van der Waals surface area contributed by atoms with Gasteiger partial charge in [0.25, 0.3) is 0 Å². The minimum Gasteiger partial charge on any atom is -0.393 e. The summed E-state index contributed by atoms with van der Waals surface area (Å²) < 4.78 is 0. The largest absolute Gasteiger partial charge is 0.393 e. The number of unbranched alkanes of at least 4 members (excludes halogenated alkanes) is 3. The predicted molar refractivity (Wildman–Crippen MR) is 82.1 cm³/mol. The average Bonchev–Trinajstić information content (AvgIpc) is 2.43. The molecule has 0 aliphatic rings. The van der Waals surface area contributed by atoms with E-state index in [4.69, 9.17) is 10.2 Å². The minimum atomic E-state index is -1.00. The van der Waals surface area contributed by atoms with Crippen LogP contribution in [-0.4, -0.2) is 22.9 Å². The second kappa shape index (κ2) is 14.6. The molecule has 1 atom stereocenters. The second-order valence-corrected chi connectivity index (χ2v) is 4.03. The molecule has 19 heavy (non-hydrogen) atoms. The van der Waals surface area contributed by atoms with Crippen molar-refractivity contribution in [2.45, 2.75) is 31.8 Å². The third-order valence-electron chi connectivity index (χ3n) is 1.92. The Morgan fingerprint density at radius 3 is 2.68 bits per heavy atom. The van der Waals surface area contributed by atoms with Crippen molar-refractivity contribution in [3.8, 4) is 35.5 Å². The van der Waals surface area contributed by atoms with Crippen molar-refractivity contribution < 1.29 is 10.2 Å². The molecule has 0 aromatic carbocycles. The van der Waals surface area contributed by atoms with Crippen LogP contribution in [0.2, 0.25) is 0 Å². The average molecular weight is 321 g/mol. The van der Waals surface area contributed by atoms with Gasteiger partial charge in [-0.15, -0.1) is 0 Å². The van der Waals surface area contributed by atoms with Crippen LogP contribution in [0.5, 0.6) is 0 Å². The van der Waals surface area contributed by atoms with Gasteiger partial charge in [-0.2, -0.15) is 0 Å². The normalized spacial score (nSPS) is 11.1. The summed E-state index contributed by atoms with van der Waals surface area (Å²) in [7, 11) is 0. The van der Waals surface area contributed by atoms with Crippen LogP contribution in [0.25, 0.3) is 0 Å². The highest BCUT2D eigenvalue weighted by molar-refractivity contribution is 9.11. The van der Waals surface area contributed by atoms with Gasteiger partial charge in [0.15, 0.2) is 0 Å². The predicted octanol–water partition coefficient (Wildman–Crippen LogP) is 2.38. The van der Waals surface area contributed by atoms with Gasteiger partial charge in [0.1, 0.15) is 6.10 Å². The Kier molecular flexibility index (Phi) is 13.5. The Hall–Kier alpha value is -1.44. The lowest BCUT2D eigenvalue weighted by molar-refractivity contribution is 0.138. The van der Waals surface area contributed by atoms with Crippen molar-refractivity contribution in [1.82, 2.24) is 0 Å². The molecule has 0 saturated carbocycles. The lowest BCUT2D eigenvalue weighted by atomic mass is 10.2. The standard InChI is InChI=1S/C16H17BrO2/c17-14-12-10-8-6-4-2-1-3-5-7-9-11-13-16(19)15-18/h3,5,12,14,16,18-19H,1-2,4,6,15H2. The zero-order valence-corrected chi connectivity index (χ0v) is 12.3. The molecule has 1 unspecified atom stereocenters. The monoisotopic (exact) mass is 320 g/mol. The lowest BCUT2D eigenvalue weighted by Crippen LogP contribution is -2.07. The molecule has 0 heterocycles. The summed E-state index contributed by atoms with van der Waals surface area (Å²) in [6.07, 6.45) is 8.53. The molecule has 0 spiro atoms. The molecular formula is C16H17BrO2. The number of aliphatic hydroxyl groups is 2. The molecule has 100 valence electrons. The van der Waals surface area contributed by atoms with Crippen molar-refractivity contribution in [3.63, 3.8) is 0 Å². The Labute approximate surface area is 123 Å². The summed E-state index contributed by atoms with van der Waals surface area (Å²) >= 11 is 3.15. The first-order chi connectivity index (χ1) is 9.31. The molecule has 0 radical (unpaired) electrons. The minimum absolute atomic E-state index is 0.362. The summed E-state index contributed by atoms with van der Waals surface area (Å²) in [5.74, 6) is 16.1. The number of aliphatic hydroxyl groups excluding tert-OH is 2. The second-order valence-electron chi connectivity index (χ2n) is 3.50. The van der Waals surface area contributed by atoms with Crippen LogP contribution >= 0.6 is 15.9 Å². The van der Waals surface area contributed by atoms with Gasteiger partial charge < -0.3 is 10.2 Å². The molecule has 3 heteroatoms. The lowest BCUT2D eigenvalue weighted by Gasteiger charge is -1.90. The fraction of sp³-hybridized carbons (Fsp3) is 0.375. The van der Waals surface area contributed by atoms with E-state index in [1.54, 1.807) is 17.1 Å². The fourth-order valence-corrected chi connectivity index (χ4v) is 1.16. The SMILES string of the molecule is OCC(O)C#CC#CC=CCCCCC#CC=CBr. The Bertz CT molecular complexity index is 458. The van der Waals surface area contributed by atoms with Crippen LogP contribution in [-0.2, 0) is 0 Å². The number of hydrogen-bond donors (Lipinski definition) is 2. The van der Waals surface area contributed by atoms with E-state index in [2.05, 4.69) is 51.5 Å². The van der Waals surface area contributed by atoms with Gasteiger partial charge in [0.05, 0.1) is 6.61 Å². The summed E-state index contributed by atoms with van der Waals surface area (Å²) in [5, 5.41) is 17.4. The molecule has 0 aliphatic carbocycles. The van der Waals surface area contributed by atoms with Gasteiger partial charge in [0, 0.05) is 6.42 Å². The van der Waals surface area contributed by atoms with Gasteiger partial charge in [-0.3, -0.25) is 0 Å². The van der Waals surface area contributed by atoms with Gasteiger partial charge in [0.2, 0.25) is 0 Å². The van der Waals surface area contributed by atoms with Crippen molar-refractivity contribution in [1.29, 1.82) is 0 Å². The number of allylic oxidation sites excluding steroid dienone is 3. The molecule has 2 nitrogen and oxygen atoms in total. The van der Waals surface area contributed by atoms with Crippen LogP contribution in [0.3, 0.4) is 0 Å². The molecule has 0 aromatic rings. The van der Waals surface area contributed by atoms with E-state index in [1.165, 1.54) is 0 Å². The van der Waals surface area contributed by atoms with Gasteiger partial charge in [-0.05, 0) is 48.2 Å². The van der Waals surface area contributed by atoms with Crippen LogP contribution in [0.15, 0.2) is 23.2 Å². The van der Waals surface area contributed by atoms with E-state index in [0.29, 0.717) is 0 Å². The van der Waals surface area contributed by atoms with E-state index < -0.39 is 6.10 Å². The van der Waals surface area contributed by atoms with E-state index in [9.17, 15) is 0 Å². The smallest absolute Gasteiger partial charge is 0.138 e. The highest BCUT2D eigenvalue weighted by atomic mass is 79.9. The van der Waals surface area contributed by atoms with Crippen LogP contribution in [0.1, 0.15) is 25.7 Å². The maximum atomic E-state index is 8.91. The molecular weight excluding hydrogens is 304 g/mol. The van der Waals surface area contributed by atoms with Crippen molar-refractivity contribution in [2.24, 2.45) is 0 Å². The van der Waals surface area contributed by atoms with Crippen LogP contribution in [0, 0.1) is 35.5 Å². The number of halogens is 1. The van der Waals surface area contributed by atoms with Crippen molar-refractivity contribution >= 4 is 15.9 Å². The molecule has 0 aliphatic heterocycles. The maximum Gasteiger partial charge on any atom is 0.138 e. The van der Waals surface area contributed by atoms with Gasteiger partial charge in [-0.1, -0.05) is 45.7 Å². The Morgan fingerprint density at radius 1 is 1.11 bits per heavy atom. The van der Waals surface area contributed by atoms with E-state index in [1.807, 2.05) is 6.08 Å². The number of rotatable bonds is 5. The molecule has 0 bridgehead atoms. The first kappa shape index (κ1) is 17.6. The van der Waals surface area contributed by atoms with Crippen molar-refractivity contribution in [2.75, 3.05) is 6.61 Å². The molecule has 0 fully saturated rings. The van der Waals surface area contributed by atoms with E-state index in [-0.39, 0.29) is 6.61 Å². The maximum absolute atomic E-state index is 8.91. The highest BCUT2D eigenvalue weighted by Crippen LogP contribution is 1.99. The van der Waals surface area contributed by atoms with E-state index in [0.717, 1.165) is 25.7 Å². The first-order valence-electron chi connectivity index (χ1n) is 6.00. The third kappa shape index (κ3) is 14.5. The van der Waals surface area contributed by atoms with E-state index >= 15 is 0 Å². The first-order valence-corrected chi connectivity index (χ1v) is 6.91. The topological polar surface area (TPSA) is 40.5 Å². The molecule has 0 rings (SSSR count). The third-order valence-corrected chi connectivity index (χ3v) is 2.18. The summed E-state index contributed by atoms with van der Waals surface area (Å²) in [6.45, 7) is -0.362. The molecule has 0 saturated heterocycles. The van der Waals surface area contributed by atoms with Gasteiger partial charge in [-0.25, -0.2) is 0 Å². The van der Waals surface area contributed by atoms with Crippen molar-refractivity contribution in [3.05, 3.63) is 23.2 Å². The molecule has 2 N–H and O–H groups in total. The summed E-state index contributed by atoms with van der Waals surface area (Å²) in [6, 6.07) is 0. The zero-order valence-electron chi connectivity index (χ0n) is 10.7. The summed E-state index contributed by atoms with van der Waals surface area (Å²) in [4.78, 5) is 1.74. The quantitative estimate of drug-likeness (QED) is 0.603. The fourth-order valence-electron chi connectivity index (χ4n) is 1.02. The molecule has 0 amide bonds.